The third-order valence-corrected chi connectivity index (χ3v) is 4.70. The molecule has 21 heavy (non-hydrogen) atoms. The van der Waals surface area contributed by atoms with Crippen molar-refractivity contribution in [3.05, 3.63) is 70.0 Å². The lowest BCUT2D eigenvalue weighted by Crippen LogP contribution is -2.15. The van der Waals surface area contributed by atoms with Crippen molar-refractivity contribution < 1.29 is 9.50 Å². The molecule has 0 radical (unpaired) electrons. The molecule has 1 nitrogen and oxygen atoms in total. The highest BCUT2D eigenvalue weighted by atomic mass is 35.5. The first-order chi connectivity index (χ1) is 10.1. The lowest BCUT2D eigenvalue weighted by atomic mass is 9.88. The van der Waals surface area contributed by atoms with Crippen LogP contribution in [0.4, 0.5) is 4.39 Å². The van der Waals surface area contributed by atoms with Crippen LogP contribution in [0.25, 0.3) is 0 Å². The first kappa shape index (κ1) is 14.6. The standard InChI is InChI=1S/C18H18ClFO/c19-17-9-8-15(20)11-14(17)10-13-6-3-5-12-4-1-2-7-16(12)18(13)21/h1-2,4,7-9,11,13,18,21H,3,5-6,10H2. The minimum atomic E-state index is -0.511. The fourth-order valence-corrected chi connectivity index (χ4v) is 3.41. The van der Waals surface area contributed by atoms with Gasteiger partial charge in [0.2, 0.25) is 0 Å². The maximum Gasteiger partial charge on any atom is 0.123 e. The van der Waals surface area contributed by atoms with Crippen LogP contribution < -0.4 is 0 Å². The minimum absolute atomic E-state index is 0.0768. The summed E-state index contributed by atoms with van der Waals surface area (Å²) in [5.74, 6) is -0.203. The van der Waals surface area contributed by atoms with Crippen molar-refractivity contribution in [3.8, 4) is 0 Å². The first-order valence-corrected chi connectivity index (χ1v) is 7.73. The van der Waals surface area contributed by atoms with Crippen molar-refractivity contribution in [2.45, 2.75) is 31.8 Å². The molecule has 0 saturated heterocycles. The summed E-state index contributed by atoms with van der Waals surface area (Å²) in [6, 6.07) is 12.5. The van der Waals surface area contributed by atoms with Gasteiger partial charge in [-0.2, -0.15) is 0 Å². The molecular formula is C18H18ClFO. The number of aliphatic hydroxyl groups excluding tert-OH is 1. The zero-order valence-corrected chi connectivity index (χ0v) is 12.5. The highest BCUT2D eigenvalue weighted by Crippen LogP contribution is 2.36. The normalized spacial score (nSPS) is 21.7. The molecule has 0 amide bonds. The number of hydrogen-bond acceptors (Lipinski definition) is 1. The van der Waals surface area contributed by atoms with E-state index in [1.54, 1.807) is 6.07 Å². The van der Waals surface area contributed by atoms with Gasteiger partial charge in [-0.1, -0.05) is 35.9 Å². The highest BCUT2D eigenvalue weighted by molar-refractivity contribution is 6.31. The summed E-state index contributed by atoms with van der Waals surface area (Å²) >= 11 is 6.16. The van der Waals surface area contributed by atoms with E-state index in [1.165, 1.54) is 17.7 Å². The lowest BCUT2D eigenvalue weighted by Gasteiger charge is -2.22. The second-order valence-electron chi connectivity index (χ2n) is 5.74. The van der Waals surface area contributed by atoms with Gasteiger partial charge in [-0.3, -0.25) is 0 Å². The molecule has 2 unspecified atom stereocenters. The van der Waals surface area contributed by atoms with Gasteiger partial charge in [-0.15, -0.1) is 0 Å². The van der Waals surface area contributed by atoms with Gasteiger partial charge in [0.15, 0.2) is 0 Å². The van der Waals surface area contributed by atoms with Crippen molar-refractivity contribution in [2.75, 3.05) is 0 Å². The summed E-state index contributed by atoms with van der Waals surface area (Å²) in [6.45, 7) is 0. The fourth-order valence-electron chi connectivity index (χ4n) is 3.21. The summed E-state index contributed by atoms with van der Waals surface area (Å²) in [5, 5.41) is 11.3. The number of aryl methyl sites for hydroxylation is 1. The molecule has 0 aliphatic heterocycles. The monoisotopic (exact) mass is 304 g/mol. The van der Waals surface area contributed by atoms with Crippen LogP contribution in [-0.4, -0.2) is 5.11 Å². The Morgan fingerprint density at radius 3 is 2.86 bits per heavy atom. The fraction of sp³-hybridized carbons (Fsp3) is 0.333. The number of fused-ring (bicyclic) bond motifs is 1. The van der Waals surface area contributed by atoms with Crippen LogP contribution in [-0.2, 0) is 12.8 Å². The average Bonchev–Trinajstić information content (AvgIpc) is 2.64. The predicted octanol–water partition coefficient (Wildman–Crippen LogP) is 4.71. The molecule has 110 valence electrons. The molecule has 1 aliphatic carbocycles. The minimum Gasteiger partial charge on any atom is -0.388 e. The van der Waals surface area contributed by atoms with Gasteiger partial charge in [0.25, 0.3) is 0 Å². The summed E-state index contributed by atoms with van der Waals surface area (Å²) in [4.78, 5) is 0. The molecule has 3 heteroatoms. The van der Waals surface area contributed by atoms with Crippen molar-refractivity contribution >= 4 is 11.6 Å². The zero-order valence-electron chi connectivity index (χ0n) is 11.7. The largest absolute Gasteiger partial charge is 0.388 e. The molecule has 2 atom stereocenters. The summed E-state index contributed by atoms with van der Waals surface area (Å²) in [6.07, 6.45) is 3.03. The van der Waals surface area contributed by atoms with E-state index in [-0.39, 0.29) is 11.7 Å². The third kappa shape index (κ3) is 3.12. The van der Waals surface area contributed by atoms with E-state index in [2.05, 4.69) is 6.07 Å². The Labute approximate surface area is 129 Å². The maximum atomic E-state index is 13.4. The molecule has 0 aromatic heterocycles. The quantitative estimate of drug-likeness (QED) is 0.797. The van der Waals surface area contributed by atoms with Crippen LogP contribution >= 0.6 is 11.6 Å². The highest BCUT2D eigenvalue weighted by Gasteiger charge is 2.26. The van der Waals surface area contributed by atoms with Gasteiger partial charge in [-0.25, -0.2) is 4.39 Å². The van der Waals surface area contributed by atoms with Crippen molar-refractivity contribution in [3.63, 3.8) is 0 Å². The molecule has 0 spiro atoms. The molecule has 0 bridgehead atoms. The van der Waals surface area contributed by atoms with E-state index in [1.807, 2.05) is 18.2 Å². The molecule has 0 fully saturated rings. The van der Waals surface area contributed by atoms with E-state index >= 15 is 0 Å². The molecule has 0 heterocycles. The second-order valence-corrected chi connectivity index (χ2v) is 6.14. The van der Waals surface area contributed by atoms with Gasteiger partial charge < -0.3 is 5.11 Å². The van der Waals surface area contributed by atoms with Crippen LogP contribution in [0.3, 0.4) is 0 Å². The summed E-state index contributed by atoms with van der Waals surface area (Å²) < 4.78 is 13.4. The number of halogens is 2. The van der Waals surface area contributed by atoms with Gasteiger partial charge in [0.1, 0.15) is 5.82 Å². The van der Waals surface area contributed by atoms with Crippen LogP contribution in [0.2, 0.25) is 5.02 Å². The molecule has 3 rings (SSSR count). The van der Waals surface area contributed by atoms with E-state index in [0.29, 0.717) is 11.4 Å². The van der Waals surface area contributed by atoms with Crippen LogP contribution in [0.1, 0.15) is 35.6 Å². The molecule has 1 aliphatic rings. The molecular weight excluding hydrogens is 287 g/mol. The Balaban J connectivity index is 1.87. The van der Waals surface area contributed by atoms with Gasteiger partial charge >= 0.3 is 0 Å². The van der Waals surface area contributed by atoms with Crippen LogP contribution in [0, 0.1) is 11.7 Å². The van der Waals surface area contributed by atoms with E-state index in [4.69, 9.17) is 11.6 Å². The number of hydrogen-bond donors (Lipinski definition) is 1. The van der Waals surface area contributed by atoms with Gasteiger partial charge in [0, 0.05) is 5.02 Å². The molecule has 2 aromatic rings. The summed E-state index contributed by atoms with van der Waals surface area (Å²) in [5.41, 5.74) is 3.01. The van der Waals surface area contributed by atoms with Crippen molar-refractivity contribution in [1.82, 2.24) is 0 Å². The van der Waals surface area contributed by atoms with Gasteiger partial charge in [-0.05, 0) is 66.5 Å². The van der Waals surface area contributed by atoms with E-state index < -0.39 is 6.10 Å². The number of benzene rings is 2. The molecule has 1 N–H and O–H groups in total. The number of rotatable bonds is 2. The van der Waals surface area contributed by atoms with E-state index in [0.717, 1.165) is 30.4 Å². The van der Waals surface area contributed by atoms with Crippen LogP contribution in [0.15, 0.2) is 42.5 Å². The summed E-state index contributed by atoms with van der Waals surface area (Å²) in [7, 11) is 0. The average molecular weight is 305 g/mol. The molecule has 0 saturated carbocycles. The van der Waals surface area contributed by atoms with Crippen molar-refractivity contribution in [2.24, 2.45) is 5.92 Å². The number of aliphatic hydroxyl groups is 1. The zero-order chi connectivity index (χ0) is 14.8. The first-order valence-electron chi connectivity index (χ1n) is 7.35. The van der Waals surface area contributed by atoms with Crippen LogP contribution in [0.5, 0.6) is 0 Å². The van der Waals surface area contributed by atoms with E-state index in [9.17, 15) is 9.50 Å². The second kappa shape index (κ2) is 6.17. The van der Waals surface area contributed by atoms with Crippen molar-refractivity contribution in [1.29, 1.82) is 0 Å². The topological polar surface area (TPSA) is 20.2 Å². The Morgan fingerprint density at radius 2 is 2.00 bits per heavy atom. The smallest absolute Gasteiger partial charge is 0.123 e. The molecule has 2 aromatic carbocycles. The Hall–Kier alpha value is -1.38. The predicted molar refractivity (Wildman–Crippen MR) is 82.9 cm³/mol. The SMILES string of the molecule is OC1c2ccccc2CCCC1Cc1cc(F)ccc1Cl. The lowest BCUT2D eigenvalue weighted by molar-refractivity contribution is 0.105. The Morgan fingerprint density at radius 1 is 1.19 bits per heavy atom. The Kier molecular flexibility index (Phi) is 4.27. The third-order valence-electron chi connectivity index (χ3n) is 4.33. The maximum absolute atomic E-state index is 13.4. The van der Waals surface area contributed by atoms with Gasteiger partial charge in [0.05, 0.1) is 6.10 Å². The Bertz CT molecular complexity index is 641.